The highest BCUT2D eigenvalue weighted by molar-refractivity contribution is 5.99. The Morgan fingerprint density at radius 2 is 2.14 bits per heavy atom. The molecule has 0 aliphatic rings. The van der Waals surface area contributed by atoms with E-state index in [1.165, 1.54) is 18.6 Å². The molecule has 0 aliphatic heterocycles. The highest BCUT2D eigenvalue weighted by Crippen LogP contribution is 2.19. The molecule has 7 nitrogen and oxygen atoms in total. The Balaban J connectivity index is 1.59. The number of anilines is 1. The number of furan rings is 1. The molecular weight excluding hydrogens is 286 g/mol. The van der Waals surface area contributed by atoms with Crippen molar-refractivity contribution >= 4 is 28.6 Å². The largest absolute Gasteiger partial charge is 0.472 e. The van der Waals surface area contributed by atoms with Gasteiger partial charge in [0.1, 0.15) is 11.8 Å². The molecule has 2 N–H and O–H groups in total. The van der Waals surface area contributed by atoms with Gasteiger partial charge in [-0.3, -0.25) is 9.59 Å². The fourth-order valence-electron chi connectivity index (χ4n) is 1.98. The summed E-state index contributed by atoms with van der Waals surface area (Å²) >= 11 is 0. The number of oxazole rings is 1. The molecule has 0 bridgehead atoms. The number of nitrogens with zero attached hydrogens (tertiary/aromatic N) is 1. The maximum atomic E-state index is 11.8. The van der Waals surface area contributed by atoms with Gasteiger partial charge in [-0.1, -0.05) is 0 Å². The van der Waals surface area contributed by atoms with E-state index < -0.39 is 0 Å². The smallest absolute Gasteiger partial charge is 0.254 e. The van der Waals surface area contributed by atoms with E-state index in [0.29, 0.717) is 28.2 Å². The molecule has 22 heavy (non-hydrogen) atoms. The van der Waals surface area contributed by atoms with Gasteiger partial charge in [0, 0.05) is 12.6 Å². The van der Waals surface area contributed by atoms with Gasteiger partial charge in [-0.2, -0.15) is 0 Å². The first kappa shape index (κ1) is 13.9. The van der Waals surface area contributed by atoms with Crippen molar-refractivity contribution in [3.8, 4) is 0 Å². The lowest BCUT2D eigenvalue weighted by molar-refractivity contribution is -0.115. The number of amides is 2. The molecule has 7 heteroatoms. The zero-order chi connectivity index (χ0) is 15.5. The van der Waals surface area contributed by atoms with Gasteiger partial charge in [0.05, 0.1) is 18.4 Å². The topological polar surface area (TPSA) is 97.4 Å². The normalized spacial score (nSPS) is 10.6. The summed E-state index contributed by atoms with van der Waals surface area (Å²) in [6, 6.07) is 6.67. The van der Waals surface area contributed by atoms with Crippen molar-refractivity contribution in [1.82, 2.24) is 10.3 Å². The van der Waals surface area contributed by atoms with Gasteiger partial charge in [-0.15, -0.1) is 0 Å². The van der Waals surface area contributed by atoms with Crippen LogP contribution in [0.3, 0.4) is 0 Å². The van der Waals surface area contributed by atoms with Crippen LogP contribution in [0.25, 0.3) is 11.1 Å². The predicted octanol–water partition coefficient (Wildman–Crippen LogP) is 2.10. The van der Waals surface area contributed by atoms with Crippen molar-refractivity contribution in [2.45, 2.75) is 6.92 Å². The molecule has 0 aliphatic carbocycles. The van der Waals surface area contributed by atoms with Gasteiger partial charge in [-0.25, -0.2) is 4.98 Å². The Morgan fingerprint density at radius 3 is 2.91 bits per heavy atom. The minimum Gasteiger partial charge on any atom is -0.472 e. The fourth-order valence-corrected chi connectivity index (χ4v) is 1.98. The number of carbonyl (C=O) groups is 2. The van der Waals surface area contributed by atoms with Crippen LogP contribution in [0.5, 0.6) is 0 Å². The summed E-state index contributed by atoms with van der Waals surface area (Å²) in [4.78, 5) is 27.7. The second kappa shape index (κ2) is 5.72. The Hall–Kier alpha value is -3.09. The summed E-state index contributed by atoms with van der Waals surface area (Å²) in [5.41, 5.74) is 2.28. The SMILES string of the molecule is Cc1nc2cc(NC(=O)CNC(=O)c3ccoc3)ccc2o1. The number of aryl methyl sites for hydroxylation is 1. The van der Waals surface area contributed by atoms with E-state index in [1.807, 2.05) is 0 Å². The molecular formula is C15H13N3O4. The maximum Gasteiger partial charge on any atom is 0.254 e. The number of hydrogen-bond donors (Lipinski definition) is 2. The minimum atomic E-state index is -0.369. The highest BCUT2D eigenvalue weighted by Gasteiger charge is 2.10. The van der Waals surface area contributed by atoms with Crippen molar-refractivity contribution in [2.24, 2.45) is 0 Å². The predicted molar refractivity (Wildman–Crippen MR) is 78.4 cm³/mol. The van der Waals surface area contributed by atoms with Crippen molar-refractivity contribution < 1.29 is 18.4 Å². The molecule has 2 heterocycles. The van der Waals surface area contributed by atoms with Crippen molar-refractivity contribution in [3.63, 3.8) is 0 Å². The fraction of sp³-hybridized carbons (Fsp3) is 0.133. The van der Waals surface area contributed by atoms with Crippen molar-refractivity contribution in [3.05, 3.63) is 48.2 Å². The van der Waals surface area contributed by atoms with Crippen LogP contribution in [-0.4, -0.2) is 23.3 Å². The Bertz CT molecular complexity index is 821. The van der Waals surface area contributed by atoms with Gasteiger partial charge in [0.2, 0.25) is 5.91 Å². The lowest BCUT2D eigenvalue weighted by Gasteiger charge is -2.06. The second-order valence-corrected chi connectivity index (χ2v) is 4.66. The Morgan fingerprint density at radius 1 is 1.27 bits per heavy atom. The second-order valence-electron chi connectivity index (χ2n) is 4.66. The molecule has 0 atom stereocenters. The van der Waals surface area contributed by atoms with Crippen LogP contribution in [0, 0.1) is 6.92 Å². The molecule has 0 saturated carbocycles. The van der Waals surface area contributed by atoms with Crippen LogP contribution >= 0.6 is 0 Å². The average molecular weight is 299 g/mol. The standard InChI is InChI=1S/C15H13N3O4/c1-9-17-12-6-11(2-3-13(12)22-9)18-14(19)7-16-15(20)10-4-5-21-8-10/h2-6,8H,7H2,1H3,(H,16,20)(H,18,19). The summed E-state index contributed by atoms with van der Waals surface area (Å²) in [6.07, 6.45) is 2.71. The van der Waals surface area contributed by atoms with E-state index in [4.69, 9.17) is 8.83 Å². The number of benzene rings is 1. The zero-order valence-corrected chi connectivity index (χ0v) is 11.8. The molecule has 3 aromatic rings. The quantitative estimate of drug-likeness (QED) is 0.769. The van der Waals surface area contributed by atoms with Gasteiger partial charge in [-0.05, 0) is 24.3 Å². The van der Waals surface area contributed by atoms with Crippen LogP contribution in [-0.2, 0) is 4.79 Å². The average Bonchev–Trinajstić information content (AvgIpc) is 3.12. The zero-order valence-electron chi connectivity index (χ0n) is 11.8. The van der Waals surface area contributed by atoms with Gasteiger partial charge >= 0.3 is 0 Å². The van der Waals surface area contributed by atoms with E-state index in [2.05, 4.69) is 15.6 Å². The molecule has 0 saturated heterocycles. The van der Waals surface area contributed by atoms with Crippen LogP contribution in [0.4, 0.5) is 5.69 Å². The molecule has 0 radical (unpaired) electrons. The molecule has 0 unspecified atom stereocenters. The number of hydrogen-bond acceptors (Lipinski definition) is 5. The Labute approximate surface area is 125 Å². The van der Waals surface area contributed by atoms with Gasteiger partial charge < -0.3 is 19.5 Å². The molecule has 0 fully saturated rings. The number of aromatic nitrogens is 1. The van der Waals surface area contributed by atoms with Gasteiger partial charge in [0.25, 0.3) is 5.91 Å². The van der Waals surface area contributed by atoms with Crippen molar-refractivity contribution in [1.29, 1.82) is 0 Å². The summed E-state index contributed by atoms with van der Waals surface area (Å²) < 4.78 is 10.2. The monoisotopic (exact) mass is 299 g/mol. The van der Waals surface area contributed by atoms with Crippen LogP contribution in [0.15, 0.2) is 45.6 Å². The molecule has 112 valence electrons. The summed E-state index contributed by atoms with van der Waals surface area (Å²) in [6.45, 7) is 1.61. The molecule has 3 rings (SSSR count). The van der Waals surface area contributed by atoms with E-state index in [1.54, 1.807) is 25.1 Å². The number of fused-ring (bicyclic) bond motifs is 1. The third-order valence-electron chi connectivity index (χ3n) is 2.97. The van der Waals surface area contributed by atoms with E-state index in [-0.39, 0.29) is 18.4 Å². The molecule has 2 aromatic heterocycles. The van der Waals surface area contributed by atoms with E-state index in [0.717, 1.165) is 0 Å². The molecule has 1 aromatic carbocycles. The first-order valence-corrected chi connectivity index (χ1v) is 6.59. The third-order valence-corrected chi connectivity index (χ3v) is 2.97. The van der Waals surface area contributed by atoms with Crippen LogP contribution in [0.1, 0.15) is 16.2 Å². The van der Waals surface area contributed by atoms with Gasteiger partial charge in [0.15, 0.2) is 11.5 Å². The molecule has 0 spiro atoms. The lowest BCUT2D eigenvalue weighted by Crippen LogP contribution is -2.32. The number of carbonyl (C=O) groups excluding carboxylic acids is 2. The minimum absolute atomic E-state index is 0.139. The van der Waals surface area contributed by atoms with Crippen molar-refractivity contribution in [2.75, 3.05) is 11.9 Å². The number of rotatable bonds is 4. The summed E-state index contributed by atoms with van der Waals surface area (Å²) in [5.74, 6) is -0.145. The summed E-state index contributed by atoms with van der Waals surface area (Å²) in [5, 5.41) is 5.19. The Kier molecular flexibility index (Phi) is 3.61. The molecule has 2 amide bonds. The van der Waals surface area contributed by atoms with Crippen LogP contribution < -0.4 is 10.6 Å². The van der Waals surface area contributed by atoms with E-state index in [9.17, 15) is 9.59 Å². The first-order chi connectivity index (χ1) is 10.6. The first-order valence-electron chi connectivity index (χ1n) is 6.59. The number of nitrogens with one attached hydrogen (secondary N) is 2. The lowest BCUT2D eigenvalue weighted by atomic mass is 10.3. The maximum absolute atomic E-state index is 11.8. The van der Waals surface area contributed by atoms with E-state index >= 15 is 0 Å². The highest BCUT2D eigenvalue weighted by atomic mass is 16.3. The van der Waals surface area contributed by atoms with Crippen LogP contribution in [0.2, 0.25) is 0 Å². The summed E-state index contributed by atoms with van der Waals surface area (Å²) in [7, 11) is 0. The third kappa shape index (κ3) is 2.98.